The summed E-state index contributed by atoms with van der Waals surface area (Å²) in [5, 5.41) is 12.1. The Labute approximate surface area is 119 Å². The smallest absolute Gasteiger partial charge is 0.174 e. The van der Waals surface area contributed by atoms with Gasteiger partial charge in [-0.2, -0.15) is 0 Å². The maximum absolute atomic E-state index is 8.96. The van der Waals surface area contributed by atoms with E-state index in [4.69, 9.17) is 10.9 Å². The second-order valence-corrected chi connectivity index (χ2v) is 5.14. The molecule has 0 bridgehead atoms. The lowest BCUT2D eigenvalue weighted by atomic mass is 10.1. The third-order valence-corrected chi connectivity index (χ3v) is 3.71. The molecule has 6 heteroatoms. The number of hydrogen-bond donors (Lipinski definition) is 2. The van der Waals surface area contributed by atoms with Gasteiger partial charge in [-0.3, -0.25) is 4.90 Å². The molecule has 6 nitrogen and oxygen atoms in total. The van der Waals surface area contributed by atoms with E-state index < -0.39 is 0 Å². The van der Waals surface area contributed by atoms with Crippen LogP contribution in [0.15, 0.2) is 17.4 Å². The molecular formula is C14H23N5O. The fraction of sp³-hybridized carbons (Fsp3) is 0.571. The first-order chi connectivity index (χ1) is 9.67. The van der Waals surface area contributed by atoms with Crippen molar-refractivity contribution in [2.45, 2.75) is 20.3 Å². The zero-order valence-electron chi connectivity index (χ0n) is 12.2. The summed E-state index contributed by atoms with van der Waals surface area (Å²) in [5.41, 5.74) is 7.51. The van der Waals surface area contributed by atoms with Gasteiger partial charge in [0.2, 0.25) is 0 Å². The zero-order chi connectivity index (χ0) is 14.5. The Hall–Kier alpha value is -1.82. The largest absolute Gasteiger partial charge is 0.409 e. The Morgan fingerprint density at radius 1 is 1.40 bits per heavy atom. The number of anilines is 1. The number of pyridine rings is 1. The molecule has 0 spiro atoms. The molecule has 0 aliphatic carbocycles. The van der Waals surface area contributed by atoms with Crippen LogP contribution in [0, 0.1) is 6.92 Å². The molecule has 0 atom stereocenters. The van der Waals surface area contributed by atoms with Crippen LogP contribution in [0.4, 0.5) is 5.82 Å². The van der Waals surface area contributed by atoms with Crippen LogP contribution in [0.25, 0.3) is 0 Å². The van der Waals surface area contributed by atoms with Crippen molar-refractivity contribution >= 4 is 11.7 Å². The van der Waals surface area contributed by atoms with E-state index in [9.17, 15) is 0 Å². The van der Waals surface area contributed by atoms with Crippen molar-refractivity contribution in [3.05, 3.63) is 23.4 Å². The van der Waals surface area contributed by atoms with Crippen molar-refractivity contribution in [1.82, 2.24) is 9.88 Å². The van der Waals surface area contributed by atoms with Gasteiger partial charge in [-0.05, 0) is 31.5 Å². The van der Waals surface area contributed by atoms with E-state index in [0.717, 1.165) is 49.7 Å². The van der Waals surface area contributed by atoms with Gasteiger partial charge in [-0.15, -0.1) is 0 Å². The van der Waals surface area contributed by atoms with E-state index in [1.54, 1.807) is 6.20 Å². The van der Waals surface area contributed by atoms with Crippen molar-refractivity contribution in [3.63, 3.8) is 0 Å². The van der Waals surface area contributed by atoms with Gasteiger partial charge >= 0.3 is 0 Å². The van der Waals surface area contributed by atoms with Gasteiger partial charge in [0.05, 0.1) is 5.56 Å². The topological polar surface area (TPSA) is 78.0 Å². The van der Waals surface area contributed by atoms with Gasteiger partial charge in [0, 0.05) is 32.4 Å². The summed E-state index contributed by atoms with van der Waals surface area (Å²) in [4.78, 5) is 9.11. The standard InChI is InChI=1S/C14H23N5O/c1-3-6-18-7-9-19(10-8-18)14-12(13(15)17-20)11(2)4-5-16-14/h4-5,20H,3,6-10H2,1-2H3,(H2,15,17). The molecule has 1 aliphatic heterocycles. The third kappa shape index (κ3) is 3.01. The van der Waals surface area contributed by atoms with Gasteiger partial charge in [-0.25, -0.2) is 4.98 Å². The highest BCUT2D eigenvalue weighted by Crippen LogP contribution is 2.22. The molecule has 20 heavy (non-hydrogen) atoms. The molecule has 0 saturated carbocycles. The highest BCUT2D eigenvalue weighted by Gasteiger charge is 2.22. The lowest BCUT2D eigenvalue weighted by Gasteiger charge is -2.36. The molecule has 2 heterocycles. The summed E-state index contributed by atoms with van der Waals surface area (Å²) < 4.78 is 0. The van der Waals surface area contributed by atoms with Crippen molar-refractivity contribution in [2.24, 2.45) is 10.9 Å². The monoisotopic (exact) mass is 277 g/mol. The van der Waals surface area contributed by atoms with E-state index in [2.05, 4.69) is 26.9 Å². The van der Waals surface area contributed by atoms with Gasteiger partial charge in [0.25, 0.3) is 0 Å². The van der Waals surface area contributed by atoms with Gasteiger partial charge in [0.15, 0.2) is 5.84 Å². The predicted molar refractivity (Wildman–Crippen MR) is 80.4 cm³/mol. The summed E-state index contributed by atoms with van der Waals surface area (Å²) in [6.45, 7) is 9.18. The average molecular weight is 277 g/mol. The fourth-order valence-corrected chi connectivity index (χ4v) is 2.65. The van der Waals surface area contributed by atoms with Crippen molar-refractivity contribution < 1.29 is 5.21 Å². The van der Waals surface area contributed by atoms with Crippen LogP contribution in [0.3, 0.4) is 0 Å². The summed E-state index contributed by atoms with van der Waals surface area (Å²) in [6, 6.07) is 1.88. The first-order valence-corrected chi connectivity index (χ1v) is 7.08. The minimum absolute atomic E-state index is 0.126. The van der Waals surface area contributed by atoms with Crippen molar-refractivity contribution in [2.75, 3.05) is 37.6 Å². The number of nitrogens with zero attached hydrogens (tertiary/aromatic N) is 4. The number of oxime groups is 1. The molecule has 0 radical (unpaired) electrons. The van der Waals surface area contributed by atoms with Crippen LogP contribution in [0.1, 0.15) is 24.5 Å². The van der Waals surface area contributed by atoms with Crippen molar-refractivity contribution in [1.29, 1.82) is 0 Å². The second-order valence-electron chi connectivity index (χ2n) is 5.14. The summed E-state index contributed by atoms with van der Waals surface area (Å²) >= 11 is 0. The molecule has 1 saturated heterocycles. The molecule has 110 valence electrons. The van der Waals surface area contributed by atoms with Crippen LogP contribution in [-0.2, 0) is 0 Å². The normalized spacial score (nSPS) is 17.5. The quantitative estimate of drug-likeness (QED) is 0.372. The van der Waals surface area contributed by atoms with E-state index in [0.29, 0.717) is 0 Å². The molecule has 1 aromatic rings. The summed E-state index contributed by atoms with van der Waals surface area (Å²) in [6.07, 6.45) is 2.95. The molecule has 3 N–H and O–H groups in total. The molecule has 0 unspecified atom stereocenters. The van der Waals surface area contributed by atoms with Crippen molar-refractivity contribution in [3.8, 4) is 0 Å². The zero-order valence-corrected chi connectivity index (χ0v) is 12.2. The van der Waals surface area contributed by atoms with Gasteiger partial charge in [-0.1, -0.05) is 12.1 Å². The first kappa shape index (κ1) is 14.6. The predicted octanol–water partition coefficient (Wildman–Crippen LogP) is 1.02. The van der Waals surface area contributed by atoms with E-state index in [-0.39, 0.29) is 5.84 Å². The Morgan fingerprint density at radius 2 is 2.10 bits per heavy atom. The van der Waals surface area contributed by atoms with Crippen LogP contribution < -0.4 is 10.6 Å². The number of rotatable bonds is 4. The van der Waals surface area contributed by atoms with Crippen LogP contribution in [-0.4, -0.2) is 53.7 Å². The number of hydrogen-bond acceptors (Lipinski definition) is 5. The third-order valence-electron chi connectivity index (χ3n) is 3.71. The highest BCUT2D eigenvalue weighted by molar-refractivity contribution is 6.02. The molecule has 1 fully saturated rings. The van der Waals surface area contributed by atoms with Crippen LogP contribution >= 0.6 is 0 Å². The molecule has 2 rings (SSSR count). The average Bonchev–Trinajstić information content (AvgIpc) is 2.47. The first-order valence-electron chi connectivity index (χ1n) is 7.08. The maximum Gasteiger partial charge on any atom is 0.174 e. The molecule has 0 amide bonds. The maximum atomic E-state index is 8.96. The second kappa shape index (κ2) is 6.56. The van der Waals surface area contributed by atoms with E-state index in [1.807, 2.05) is 13.0 Å². The molecule has 0 aromatic carbocycles. The lowest BCUT2D eigenvalue weighted by molar-refractivity contribution is 0.258. The number of aromatic nitrogens is 1. The Kier molecular flexibility index (Phi) is 4.79. The SMILES string of the molecule is CCCN1CCN(c2nccc(C)c2/C(N)=N/O)CC1. The van der Waals surface area contributed by atoms with E-state index >= 15 is 0 Å². The Bertz CT molecular complexity index is 480. The highest BCUT2D eigenvalue weighted by atomic mass is 16.4. The summed E-state index contributed by atoms with van der Waals surface area (Å²) in [5.74, 6) is 0.943. The van der Waals surface area contributed by atoms with Gasteiger partial charge in [0.1, 0.15) is 5.82 Å². The minimum Gasteiger partial charge on any atom is -0.409 e. The number of piperazine rings is 1. The molecular weight excluding hydrogens is 254 g/mol. The van der Waals surface area contributed by atoms with Gasteiger partial charge < -0.3 is 15.8 Å². The van der Waals surface area contributed by atoms with Crippen LogP contribution in [0.2, 0.25) is 0 Å². The Morgan fingerprint density at radius 3 is 2.70 bits per heavy atom. The minimum atomic E-state index is 0.126. The van der Waals surface area contributed by atoms with E-state index in [1.165, 1.54) is 6.42 Å². The molecule has 1 aliphatic rings. The fourth-order valence-electron chi connectivity index (χ4n) is 2.65. The number of aryl methyl sites for hydroxylation is 1. The summed E-state index contributed by atoms with van der Waals surface area (Å²) in [7, 11) is 0. The number of amidine groups is 1. The van der Waals surface area contributed by atoms with Crippen LogP contribution in [0.5, 0.6) is 0 Å². The number of nitrogens with two attached hydrogens (primary N) is 1. The Balaban J connectivity index is 2.20. The lowest BCUT2D eigenvalue weighted by Crippen LogP contribution is -2.47. The molecule has 1 aromatic heterocycles.